The average molecular weight is 284 g/mol. The van der Waals surface area contributed by atoms with Crippen molar-refractivity contribution in [2.75, 3.05) is 26.2 Å². The number of hydrogen-bond donors (Lipinski definition) is 1. The van der Waals surface area contributed by atoms with Crippen molar-refractivity contribution in [3.05, 3.63) is 0 Å². The molecule has 1 atom stereocenters. The molecule has 1 fully saturated rings. The normalized spacial score (nSPS) is 22.4. The standard InChI is InChI=1S/C15H28N2O3/c1-5-7-9-16(6-2)14(20)17-10-8-15(11-17,12(3)4)13(18)19/h12H,5-11H2,1-4H3,(H,18,19). The van der Waals surface area contributed by atoms with Crippen molar-refractivity contribution >= 4 is 12.0 Å². The van der Waals surface area contributed by atoms with Crippen molar-refractivity contribution in [1.82, 2.24) is 9.80 Å². The van der Waals surface area contributed by atoms with Gasteiger partial charge in [0.1, 0.15) is 0 Å². The third-order valence-electron chi connectivity index (χ3n) is 4.54. The molecule has 0 radical (unpaired) electrons. The Bertz CT molecular complexity index is 357. The number of carboxylic acid groups (broad SMARTS) is 1. The lowest BCUT2D eigenvalue weighted by Gasteiger charge is -2.31. The van der Waals surface area contributed by atoms with Crippen molar-refractivity contribution in [2.24, 2.45) is 11.3 Å². The number of likely N-dealkylation sites (tertiary alicyclic amines) is 1. The van der Waals surface area contributed by atoms with Crippen LogP contribution in [0.4, 0.5) is 4.79 Å². The van der Waals surface area contributed by atoms with Crippen LogP contribution in [0, 0.1) is 11.3 Å². The van der Waals surface area contributed by atoms with Gasteiger partial charge in [0.2, 0.25) is 0 Å². The molecule has 0 aromatic heterocycles. The highest BCUT2D eigenvalue weighted by atomic mass is 16.4. The van der Waals surface area contributed by atoms with E-state index in [2.05, 4.69) is 6.92 Å². The smallest absolute Gasteiger partial charge is 0.320 e. The van der Waals surface area contributed by atoms with Crippen LogP contribution in [0.1, 0.15) is 47.0 Å². The Hall–Kier alpha value is -1.26. The van der Waals surface area contributed by atoms with Crippen LogP contribution >= 0.6 is 0 Å². The summed E-state index contributed by atoms with van der Waals surface area (Å²) in [6, 6.07) is -0.00951. The summed E-state index contributed by atoms with van der Waals surface area (Å²) in [6.07, 6.45) is 2.59. The first-order valence-electron chi connectivity index (χ1n) is 7.66. The van der Waals surface area contributed by atoms with Gasteiger partial charge in [-0.1, -0.05) is 27.2 Å². The van der Waals surface area contributed by atoms with Crippen molar-refractivity contribution < 1.29 is 14.7 Å². The Morgan fingerprint density at radius 1 is 1.35 bits per heavy atom. The maximum Gasteiger partial charge on any atom is 0.320 e. The number of unbranched alkanes of at least 4 members (excludes halogenated alkanes) is 1. The minimum absolute atomic E-state index is 0.00951. The quantitative estimate of drug-likeness (QED) is 0.815. The summed E-state index contributed by atoms with van der Waals surface area (Å²) >= 11 is 0. The third kappa shape index (κ3) is 3.25. The summed E-state index contributed by atoms with van der Waals surface area (Å²) in [7, 11) is 0. The molecule has 1 N–H and O–H groups in total. The van der Waals surface area contributed by atoms with Crippen LogP contribution in [-0.4, -0.2) is 53.1 Å². The zero-order valence-corrected chi connectivity index (χ0v) is 13.2. The second-order valence-electron chi connectivity index (χ2n) is 6.00. The van der Waals surface area contributed by atoms with Gasteiger partial charge in [0.05, 0.1) is 5.41 Å². The molecular formula is C15H28N2O3. The predicted molar refractivity (Wildman–Crippen MR) is 78.6 cm³/mol. The molecule has 5 heteroatoms. The molecule has 0 aromatic carbocycles. The van der Waals surface area contributed by atoms with E-state index in [-0.39, 0.29) is 11.9 Å². The summed E-state index contributed by atoms with van der Waals surface area (Å²) < 4.78 is 0. The second-order valence-corrected chi connectivity index (χ2v) is 6.00. The Labute approximate surface area is 121 Å². The minimum Gasteiger partial charge on any atom is -0.481 e. The average Bonchev–Trinajstić information content (AvgIpc) is 2.85. The highest BCUT2D eigenvalue weighted by Crippen LogP contribution is 2.38. The molecule has 116 valence electrons. The van der Waals surface area contributed by atoms with E-state index in [1.54, 1.807) is 4.90 Å². The lowest BCUT2D eigenvalue weighted by atomic mass is 9.76. The maximum atomic E-state index is 12.5. The fourth-order valence-electron chi connectivity index (χ4n) is 2.83. The molecule has 0 aliphatic carbocycles. The van der Waals surface area contributed by atoms with Gasteiger partial charge in [0, 0.05) is 26.2 Å². The topological polar surface area (TPSA) is 60.9 Å². The van der Waals surface area contributed by atoms with Crippen LogP contribution in [0.3, 0.4) is 0 Å². The number of carbonyl (C=O) groups is 2. The monoisotopic (exact) mass is 284 g/mol. The van der Waals surface area contributed by atoms with Gasteiger partial charge in [-0.05, 0) is 25.7 Å². The van der Waals surface area contributed by atoms with Crippen molar-refractivity contribution in [2.45, 2.75) is 47.0 Å². The second kappa shape index (κ2) is 6.95. The van der Waals surface area contributed by atoms with Crippen LogP contribution in [-0.2, 0) is 4.79 Å². The van der Waals surface area contributed by atoms with Gasteiger partial charge >= 0.3 is 12.0 Å². The predicted octanol–water partition coefficient (Wildman–Crippen LogP) is 2.66. The number of carboxylic acids is 1. The third-order valence-corrected chi connectivity index (χ3v) is 4.54. The molecular weight excluding hydrogens is 256 g/mol. The number of nitrogens with zero attached hydrogens (tertiary/aromatic N) is 2. The molecule has 2 amide bonds. The number of hydrogen-bond acceptors (Lipinski definition) is 2. The fraction of sp³-hybridized carbons (Fsp3) is 0.867. The summed E-state index contributed by atoms with van der Waals surface area (Å²) in [5.74, 6) is -0.747. The van der Waals surface area contributed by atoms with Gasteiger partial charge in [0.25, 0.3) is 0 Å². The maximum absolute atomic E-state index is 12.5. The van der Waals surface area contributed by atoms with Crippen LogP contribution in [0.25, 0.3) is 0 Å². The first kappa shape index (κ1) is 16.8. The van der Waals surface area contributed by atoms with E-state index < -0.39 is 11.4 Å². The minimum atomic E-state index is -0.778. The molecule has 0 saturated carbocycles. The Kier molecular flexibility index (Phi) is 5.84. The zero-order valence-electron chi connectivity index (χ0n) is 13.2. The molecule has 5 nitrogen and oxygen atoms in total. The molecule has 1 saturated heterocycles. The lowest BCUT2D eigenvalue weighted by Crippen LogP contribution is -2.45. The van der Waals surface area contributed by atoms with Gasteiger partial charge in [-0.3, -0.25) is 4.79 Å². The van der Waals surface area contributed by atoms with Gasteiger partial charge in [-0.2, -0.15) is 0 Å². The molecule has 0 spiro atoms. The highest BCUT2D eigenvalue weighted by molar-refractivity contribution is 5.80. The Morgan fingerprint density at radius 3 is 2.40 bits per heavy atom. The van der Waals surface area contributed by atoms with E-state index in [1.807, 2.05) is 25.7 Å². The Morgan fingerprint density at radius 2 is 2.00 bits per heavy atom. The van der Waals surface area contributed by atoms with Crippen LogP contribution in [0.5, 0.6) is 0 Å². The molecule has 1 aliphatic rings. The number of aliphatic carboxylic acids is 1. The van der Waals surface area contributed by atoms with Gasteiger partial charge in [-0.15, -0.1) is 0 Å². The molecule has 1 aliphatic heterocycles. The first-order chi connectivity index (χ1) is 9.39. The first-order valence-corrected chi connectivity index (χ1v) is 7.66. The molecule has 0 aromatic rings. The summed E-state index contributed by atoms with van der Waals surface area (Å²) in [6.45, 7) is 10.2. The number of urea groups is 1. The van der Waals surface area contributed by atoms with E-state index in [9.17, 15) is 14.7 Å². The summed E-state index contributed by atoms with van der Waals surface area (Å²) in [5, 5.41) is 9.52. The SMILES string of the molecule is CCCCN(CC)C(=O)N1CCC(C(=O)O)(C(C)C)C1. The van der Waals surface area contributed by atoms with Crippen LogP contribution < -0.4 is 0 Å². The molecule has 20 heavy (non-hydrogen) atoms. The van der Waals surface area contributed by atoms with Gasteiger partial charge in [-0.25, -0.2) is 4.79 Å². The van der Waals surface area contributed by atoms with E-state index in [4.69, 9.17) is 0 Å². The summed E-state index contributed by atoms with van der Waals surface area (Å²) in [4.78, 5) is 27.6. The van der Waals surface area contributed by atoms with E-state index in [0.29, 0.717) is 26.1 Å². The van der Waals surface area contributed by atoms with Crippen LogP contribution in [0.15, 0.2) is 0 Å². The number of rotatable bonds is 6. The van der Waals surface area contributed by atoms with E-state index in [0.717, 1.165) is 19.4 Å². The molecule has 1 rings (SSSR count). The number of amides is 2. The molecule has 0 bridgehead atoms. The number of carbonyl (C=O) groups excluding carboxylic acids is 1. The largest absolute Gasteiger partial charge is 0.481 e. The van der Waals surface area contributed by atoms with E-state index >= 15 is 0 Å². The molecule has 1 unspecified atom stereocenters. The van der Waals surface area contributed by atoms with Crippen molar-refractivity contribution in [1.29, 1.82) is 0 Å². The lowest BCUT2D eigenvalue weighted by molar-refractivity contribution is -0.150. The van der Waals surface area contributed by atoms with Crippen molar-refractivity contribution in [3.63, 3.8) is 0 Å². The molecule has 1 heterocycles. The summed E-state index contributed by atoms with van der Waals surface area (Å²) in [5.41, 5.74) is -0.778. The van der Waals surface area contributed by atoms with Crippen LogP contribution in [0.2, 0.25) is 0 Å². The zero-order chi connectivity index (χ0) is 15.3. The van der Waals surface area contributed by atoms with Gasteiger partial charge in [0.15, 0.2) is 0 Å². The van der Waals surface area contributed by atoms with E-state index in [1.165, 1.54) is 0 Å². The highest BCUT2D eigenvalue weighted by Gasteiger charge is 2.48. The Balaban J connectivity index is 2.75. The van der Waals surface area contributed by atoms with Gasteiger partial charge < -0.3 is 14.9 Å². The van der Waals surface area contributed by atoms with Crippen molar-refractivity contribution in [3.8, 4) is 0 Å². The fourth-order valence-corrected chi connectivity index (χ4v) is 2.83.